The van der Waals surface area contributed by atoms with E-state index in [0.29, 0.717) is 23.6 Å². The molecule has 1 aromatic carbocycles. The predicted molar refractivity (Wildman–Crippen MR) is 110 cm³/mol. The van der Waals surface area contributed by atoms with Crippen LogP contribution in [-0.4, -0.2) is 37.8 Å². The number of hydrogen-bond acceptors (Lipinski definition) is 5. The van der Waals surface area contributed by atoms with Crippen LogP contribution in [-0.2, 0) is 11.3 Å². The van der Waals surface area contributed by atoms with Gasteiger partial charge in [-0.15, -0.1) is 0 Å². The molecule has 2 heterocycles. The van der Waals surface area contributed by atoms with Crippen LogP contribution in [0.25, 0.3) is 22.6 Å². The highest BCUT2D eigenvalue weighted by Crippen LogP contribution is 2.30. The van der Waals surface area contributed by atoms with E-state index < -0.39 is 11.7 Å². The van der Waals surface area contributed by atoms with Gasteiger partial charge in [-0.1, -0.05) is 0 Å². The van der Waals surface area contributed by atoms with Crippen molar-refractivity contribution in [2.45, 2.75) is 32.9 Å². The fourth-order valence-electron chi connectivity index (χ4n) is 2.75. The maximum atomic E-state index is 13.3. The molecule has 0 bridgehead atoms. The standard InChI is InChI=1S/C20H22FN5O2S/c1-20(2,3)28-19(27)23-10-11-26-12-24-16(13-4-6-14(21)7-5-13)17(26)15-8-9-22-18(29)25-15/h4-9,12H,10-11H2,1-3H3,(H,23,27)(H,22,25,29). The Morgan fingerprint density at radius 1 is 1.24 bits per heavy atom. The number of hydrogen-bond donors (Lipinski definition) is 2. The van der Waals surface area contributed by atoms with E-state index in [2.05, 4.69) is 20.3 Å². The highest BCUT2D eigenvalue weighted by atomic mass is 32.1. The first-order chi connectivity index (χ1) is 13.7. The van der Waals surface area contributed by atoms with Crippen molar-refractivity contribution < 1.29 is 13.9 Å². The molecule has 7 nitrogen and oxygen atoms in total. The van der Waals surface area contributed by atoms with Crippen molar-refractivity contribution in [2.24, 2.45) is 0 Å². The number of rotatable bonds is 5. The number of halogens is 1. The third-order valence-electron chi connectivity index (χ3n) is 3.91. The summed E-state index contributed by atoms with van der Waals surface area (Å²) in [4.78, 5) is 23.5. The third kappa shape index (κ3) is 5.47. The topological polar surface area (TPSA) is 84.8 Å². The Morgan fingerprint density at radius 3 is 2.62 bits per heavy atom. The molecule has 2 N–H and O–H groups in total. The highest BCUT2D eigenvalue weighted by molar-refractivity contribution is 7.71. The number of alkyl carbamates (subject to hydrolysis) is 1. The second-order valence-electron chi connectivity index (χ2n) is 7.36. The molecule has 3 aromatic rings. The Kier molecular flexibility index (Phi) is 6.07. The van der Waals surface area contributed by atoms with Gasteiger partial charge in [0.05, 0.1) is 23.4 Å². The molecule has 0 aliphatic rings. The summed E-state index contributed by atoms with van der Waals surface area (Å²) in [5, 5.41) is 2.73. The maximum absolute atomic E-state index is 13.3. The van der Waals surface area contributed by atoms with Crippen molar-refractivity contribution in [1.29, 1.82) is 0 Å². The van der Waals surface area contributed by atoms with E-state index in [0.717, 1.165) is 17.0 Å². The molecule has 152 valence electrons. The number of carbonyl (C=O) groups is 1. The van der Waals surface area contributed by atoms with Gasteiger partial charge in [-0.25, -0.2) is 19.2 Å². The molecule has 0 aliphatic carbocycles. The molecule has 0 saturated heterocycles. The molecule has 0 atom stereocenters. The molecule has 0 aliphatic heterocycles. The van der Waals surface area contributed by atoms with E-state index in [-0.39, 0.29) is 5.82 Å². The van der Waals surface area contributed by atoms with Crippen molar-refractivity contribution in [1.82, 2.24) is 24.8 Å². The second-order valence-corrected chi connectivity index (χ2v) is 7.75. The van der Waals surface area contributed by atoms with Crippen LogP contribution < -0.4 is 5.32 Å². The van der Waals surface area contributed by atoms with Crippen LogP contribution in [0.15, 0.2) is 42.9 Å². The van der Waals surface area contributed by atoms with Crippen LogP contribution >= 0.6 is 12.2 Å². The number of amides is 1. The molecule has 0 saturated carbocycles. The quantitative estimate of drug-likeness (QED) is 0.606. The van der Waals surface area contributed by atoms with E-state index in [1.807, 2.05) is 4.57 Å². The summed E-state index contributed by atoms with van der Waals surface area (Å²) in [7, 11) is 0. The van der Waals surface area contributed by atoms with Gasteiger partial charge in [0.25, 0.3) is 0 Å². The maximum Gasteiger partial charge on any atom is 0.407 e. The molecule has 1 amide bonds. The minimum absolute atomic E-state index is 0.320. The summed E-state index contributed by atoms with van der Waals surface area (Å²) in [6.45, 7) is 6.21. The van der Waals surface area contributed by atoms with Gasteiger partial charge < -0.3 is 19.6 Å². The average molecular weight is 415 g/mol. The Labute approximate surface area is 173 Å². The summed E-state index contributed by atoms with van der Waals surface area (Å²) in [5.74, 6) is -0.320. The lowest BCUT2D eigenvalue weighted by Gasteiger charge is -2.19. The first-order valence-corrected chi connectivity index (χ1v) is 9.47. The number of nitrogens with zero attached hydrogens (tertiary/aromatic N) is 3. The van der Waals surface area contributed by atoms with E-state index in [4.69, 9.17) is 17.0 Å². The van der Waals surface area contributed by atoms with Gasteiger partial charge >= 0.3 is 6.09 Å². The van der Waals surface area contributed by atoms with Crippen LogP contribution in [0.5, 0.6) is 0 Å². The number of aromatic nitrogens is 4. The molecule has 9 heteroatoms. The van der Waals surface area contributed by atoms with Crippen LogP contribution in [0.2, 0.25) is 0 Å². The van der Waals surface area contributed by atoms with E-state index in [1.54, 1.807) is 51.5 Å². The summed E-state index contributed by atoms with van der Waals surface area (Å²) >= 11 is 5.15. The molecule has 0 fully saturated rings. The molecular formula is C20H22FN5O2S. The SMILES string of the molecule is CC(C)(C)OC(=O)NCCn1cnc(-c2ccc(F)cc2)c1-c1ccnc(=S)[nH]1. The van der Waals surface area contributed by atoms with Gasteiger partial charge in [0.1, 0.15) is 11.4 Å². The zero-order valence-electron chi connectivity index (χ0n) is 16.4. The van der Waals surface area contributed by atoms with Gasteiger partial charge in [0, 0.05) is 24.8 Å². The van der Waals surface area contributed by atoms with Crippen molar-refractivity contribution in [3.8, 4) is 22.6 Å². The van der Waals surface area contributed by atoms with Crippen LogP contribution in [0.1, 0.15) is 20.8 Å². The zero-order valence-corrected chi connectivity index (χ0v) is 17.2. The Balaban J connectivity index is 1.88. The number of H-pyrrole nitrogens is 1. The number of ether oxygens (including phenoxy) is 1. The fourth-order valence-corrected chi connectivity index (χ4v) is 2.92. The lowest BCUT2D eigenvalue weighted by molar-refractivity contribution is 0.0526. The smallest absolute Gasteiger partial charge is 0.407 e. The number of aromatic amines is 1. The molecule has 0 spiro atoms. The van der Waals surface area contributed by atoms with Crippen LogP contribution in [0, 0.1) is 10.6 Å². The first-order valence-electron chi connectivity index (χ1n) is 9.06. The zero-order chi connectivity index (χ0) is 21.0. The predicted octanol–water partition coefficient (Wildman–Crippen LogP) is 4.33. The summed E-state index contributed by atoms with van der Waals surface area (Å²) in [6, 6.07) is 7.89. The average Bonchev–Trinajstić information content (AvgIpc) is 3.04. The summed E-state index contributed by atoms with van der Waals surface area (Å²) in [6.07, 6.45) is 2.79. The highest BCUT2D eigenvalue weighted by Gasteiger charge is 2.18. The van der Waals surface area contributed by atoms with Gasteiger partial charge in [-0.3, -0.25) is 0 Å². The molecular weight excluding hydrogens is 393 g/mol. The van der Waals surface area contributed by atoms with Gasteiger partial charge in [-0.05, 0) is 63.3 Å². The largest absolute Gasteiger partial charge is 0.444 e. The van der Waals surface area contributed by atoms with E-state index in [1.165, 1.54) is 12.1 Å². The van der Waals surface area contributed by atoms with Crippen molar-refractivity contribution >= 4 is 18.3 Å². The molecule has 29 heavy (non-hydrogen) atoms. The Bertz CT molecular complexity index is 1050. The van der Waals surface area contributed by atoms with E-state index >= 15 is 0 Å². The minimum atomic E-state index is -0.564. The molecule has 0 radical (unpaired) electrons. The number of nitrogens with one attached hydrogen (secondary N) is 2. The third-order valence-corrected chi connectivity index (χ3v) is 4.11. The number of carbonyl (C=O) groups excluding carboxylic acids is 1. The van der Waals surface area contributed by atoms with Crippen molar-refractivity contribution in [2.75, 3.05) is 6.54 Å². The molecule has 3 rings (SSSR count). The Hall–Kier alpha value is -3.07. The Morgan fingerprint density at radius 2 is 1.97 bits per heavy atom. The minimum Gasteiger partial charge on any atom is -0.444 e. The van der Waals surface area contributed by atoms with Gasteiger partial charge in [-0.2, -0.15) is 0 Å². The van der Waals surface area contributed by atoms with E-state index in [9.17, 15) is 9.18 Å². The summed E-state index contributed by atoms with van der Waals surface area (Å²) in [5.41, 5.74) is 2.34. The van der Waals surface area contributed by atoms with Gasteiger partial charge in [0.2, 0.25) is 0 Å². The van der Waals surface area contributed by atoms with Gasteiger partial charge in [0.15, 0.2) is 4.77 Å². The lowest BCUT2D eigenvalue weighted by Crippen LogP contribution is -2.34. The van der Waals surface area contributed by atoms with Crippen molar-refractivity contribution in [3.63, 3.8) is 0 Å². The monoisotopic (exact) mass is 415 g/mol. The van der Waals surface area contributed by atoms with Crippen LogP contribution in [0.3, 0.4) is 0 Å². The molecule has 0 unspecified atom stereocenters. The second kappa shape index (κ2) is 8.52. The number of benzene rings is 1. The van der Waals surface area contributed by atoms with Crippen LogP contribution in [0.4, 0.5) is 9.18 Å². The fraction of sp³-hybridized carbons (Fsp3) is 0.300. The lowest BCUT2D eigenvalue weighted by atomic mass is 10.1. The van der Waals surface area contributed by atoms with Crippen molar-refractivity contribution in [3.05, 3.63) is 53.4 Å². The number of imidazole rings is 1. The first kappa shape index (κ1) is 20.7. The summed E-state index contributed by atoms with van der Waals surface area (Å²) < 4.78 is 20.8. The normalized spacial score (nSPS) is 11.3. The molecule has 2 aromatic heterocycles.